The third-order valence-corrected chi connectivity index (χ3v) is 3.47. The quantitative estimate of drug-likeness (QED) is 0.588. The van der Waals surface area contributed by atoms with Crippen molar-refractivity contribution in [2.24, 2.45) is 0 Å². The van der Waals surface area contributed by atoms with E-state index in [9.17, 15) is 18.9 Å². The first-order valence-corrected chi connectivity index (χ1v) is 6.80. The lowest BCUT2D eigenvalue weighted by Crippen LogP contribution is -2.09. The Morgan fingerprint density at radius 3 is 2.74 bits per heavy atom. The van der Waals surface area contributed by atoms with Gasteiger partial charge in [-0.15, -0.1) is 0 Å². The Hall–Kier alpha value is -3.03. The summed E-state index contributed by atoms with van der Waals surface area (Å²) in [6, 6.07) is 8.00. The van der Waals surface area contributed by atoms with Gasteiger partial charge in [0.05, 0.1) is 12.2 Å². The lowest BCUT2D eigenvalue weighted by Gasteiger charge is -2.13. The third kappa shape index (κ3) is 2.70. The standard InChI is InChI=1S/C15H12F2N4O2/c1-9(10-5-6-11(16)12(17)8-10)18-14-15(21(22)23)20-7-3-2-4-13(20)19-14/h2-9,18H,1H3. The Balaban J connectivity index is 1.98. The average molecular weight is 318 g/mol. The predicted molar refractivity (Wildman–Crippen MR) is 80.2 cm³/mol. The van der Waals surface area contributed by atoms with Gasteiger partial charge in [0.1, 0.15) is 0 Å². The molecule has 1 unspecified atom stereocenters. The van der Waals surface area contributed by atoms with E-state index in [-0.39, 0.29) is 11.6 Å². The zero-order valence-electron chi connectivity index (χ0n) is 12.0. The van der Waals surface area contributed by atoms with Crippen LogP contribution in [0.1, 0.15) is 18.5 Å². The van der Waals surface area contributed by atoms with Crippen molar-refractivity contribution in [2.45, 2.75) is 13.0 Å². The number of imidazole rings is 1. The molecule has 1 atom stereocenters. The molecule has 118 valence electrons. The van der Waals surface area contributed by atoms with E-state index < -0.39 is 22.6 Å². The van der Waals surface area contributed by atoms with Crippen LogP contribution < -0.4 is 5.32 Å². The highest BCUT2D eigenvalue weighted by atomic mass is 19.2. The predicted octanol–water partition coefficient (Wildman–Crippen LogP) is 3.69. The molecule has 2 aromatic heterocycles. The van der Waals surface area contributed by atoms with Gasteiger partial charge in [-0.25, -0.2) is 8.78 Å². The summed E-state index contributed by atoms with van der Waals surface area (Å²) in [6.07, 6.45) is 1.54. The van der Waals surface area contributed by atoms with Crippen LogP contribution in [-0.2, 0) is 0 Å². The van der Waals surface area contributed by atoms with Crippen LogP contribution in [0.15, 0.2) is 42.6 Å². The second-order valence-electron chi connectivity index (χ2n) is 5.01. The fourth-order valence-electron chi connectivity index (χ4n) is 2.32. The van der Waals surface area contributed by atoms with Crippen LogP contribution in [-0.4, -0.2) is 14.3 Å². The molecule has 0 aliphatic rings. The van der Waals surface area contributed by atoms with Crippen LogP contribution in [0.4, 0.5) is 20.4 Å². The number of aromatic nitrogens is 2. The molecular weight excluding hydrogens is 306 g/mol. The Morgan fingerprint density at radius 2 is 2.04 bits per heavy atom. The van der Waals surface area contributed by atoms with Crippen LogP contribution >= 0.6 is 0 Å². The second kappa shape index (κ2) is 5.64. The molecule has 0 bridgehead atoms. The number of nitrogens with one attached hydrogen (secondary N) is 1. The highest BCUT2D eigenvalue weighted by Gasteiger charge is 2.23. The Labute approximate surface area is 129 Å². The van der Waals surface area contributed by atoms with Gasteiger partial charge in [-0.05, 0) is 35.6 Å². The Bertz CT molecular complexity index is 894. The largest absolute Gasteiger partial charge is 0.372 e. The van der Waals surface area contributed by atoms with Gasteiger partial charge >= 0.3 is 5.82 Å². The first-order valence-electron chi connectivity index (χ1n) is 6.80. The van der Waals surface area contributed by atoms with Crippen LogP contribution in [0.2, 0.25) is 0 Å². The summed E-state index contributed by atoms with van der Waals surface area (Å²) in [5.74, 6) is -2.06. The van der Waals surface area contributed by atoms with Crippen molar-refractivity contribution >= 4 is 17.3 Å². The number of benzene rings is 1. The number of nitrogens with zero attached hydrogens (tertiary/aromatic N) is 3. The number of pyridine rings is 1. The van der Waals surface area contributed by atoms with Crippen molar-refractivity contribution in [3.63, 3.8) is 0 Å². The number of rotatable bonds is 4. The molecule has 0 spiro atoms. The number of fused-ring (bicyclic) bond motifs is 1. The van der Waals surface area contributed by atoms with E-state index in [0.29, 0.717) is 11.2 Å². The first kappa shape index (κ1) is 14.9. The number of hydrogen-bond acceptors (Lipinski definition) is 4. The van der Waals surface area contributed by atoms with E-state index in [1.807, 2.05) is 0 Å². The summed E-state index contributed by atoms with van der Waals surface area (Å²) >= 11 is 0. The van der Waals surface area contributed by atoms with Crippen LogP contribution in [0.5, 0.6) is 0 Å². The summed E-state index contributed by atoms with van der Waals surface area (Å²) in [6.45, 7) is 1.68. The van der Waals surface area contributed by atoms with Gasteiger partial charge in [0.25, 0.3) is 0 Å². The minimum atomic E-state index is -0.972. The summed E-state index contributed by atoms with van der Waals surface area (Å²) in [5, 5.41) is 14.2. The minimum Gasteiger partial charge on any atom is -0.358 e. The van der Waals surface area contributed by atoms with Crippen molar-refractivity contribution in [3.05, 3.63) is 69.9 Å². The monoisotopic (exact) mass is 318 g/mol. The normalized spacial score (nSPS) is 12.3. The maximum absolute atomic E-state index is 13.3. The molecule has 2 heterocycles. The number of hydrogen-bond donors (Lipinski definition) is 1. The Kier molecular flexibility index (Phi) is 3.65. The molecule has 0 fully saturated rings. The van der Waals surface area contributed by atoms with Gasteiger partial charge in [-0.2, -0.15) is 9.38 Å². The van der Waals surface area contributed by atoms with Gasteiger partial charge < -0.3 is 15.4 Å². The highest BCUT2D eigenvalue weighted by molar-refractivity contribution is 5.62. The molecule has 0 amide bonds. The van der Waals surface area contributed by atoms with Gasteiger partial charge in [0, 0.05) is 6.07 Å². The maximum atomic E-state index is 13.3. The van der Waals surface area contributed by atoms with Gasteiger partial charge in [0.15, 0.2) is 11.6 Å². The highest BCUT2D eigenvalue weighted by Crippen LogP contribution is 2.29. The van der Waals surface area contributed by atoms with Gasteiger partial charge in [-0.3, -0.25) is 0 Å². The number of nitro groups is 1. The van der Waals surface area contributed by atoms with Crippen molar-refractivity contribution in [1.82, 2.24) is 9.38 Å². The van der Waals surface area contributed by atoms with E-state index in [1.165, 1.54) is 16.7 Å². The van der Waals surface area contributed by atoms with E-state index in [2.05, 4.69) is 10.3 Å². The molecular formula is C15H12F2N4O2. The lowest BCUT2D eigenvalue weighted by atomic mass is 10.1. The zero-order chi connectivity index (χ0) is 16.6. The van der Waals surface area contributed by atoms with Crippen LogP contribution in [0.25, 0.3) is 5.65 Å². The fraction of sp³-hybridized carbons (Fsp3) is 0.133. The summed E-state index contributed by atoms with van der Waals surface area (Å²) < 4.78 is 27.7. The molecule has 0 radical (unpaired) electrons. The van der Waals surface area contributed by atoms with Gasteiger partial charge in [-0.1, -0.05) is 12.1 Å². The van der Waals surface area contributed by atoms with Crippen LogP contribution in [0, 0.1) is 21.7 Å². The molecule has 6 nitrogen and oxygen atoms in total. The number of halogens is 2. The summed E-state index contributed by atoms with van der Waals surface area (Å²) in [4.78, 5) is 14.9. The van der Waals surface area contributed by atoms with Crippen molar-refractivity contribution in [3.8, 4) is 0 Å². The molecule has 1 N–H and O–H groups in total. The number of anilines is 1. The summed E-state index contributed by atoms with van der Waals surface area (Å²) in [5.41, 5.74) is 0.870. The molecule has 23 heavy (non-hydrogen) atoms. The fourth-order valence-corrected chi connectivity index (χ4v) is 2.32. The third-order valence-electron chi connectivity index (χ3n) is 3.47. The van der Waals surface area contributed by atoms with Crippen molar-refractivity contribution < 1.29 is 13.7 Å². The maximum Gasteiger partial charge on any atom is 0.372 e. The zero-order valence-corrected chi connectivity index (χ0v) is 12.0. The van der Waals surface area contributed by atoms with Gasteiger partial charge in [0.2, 0.25) is 11.5 Å². The molecule has 0 saturated carbocycles. The van der Waals surface area contributed by atoms with Crippen LogP contribution in [0.3, 0.4) is 0 Å². The Morgan fingerprint density at radius 1 is 1.26 bits per heavy atom. The minimum absolute atomic E-state index is 0.0680. The SMILES string of the molecule is CC(Nc1nc2ccccn2c1[N+](=O)[O-])c1ccc(F)c(F)c1. The van der Waals surface area contributed by atoms with E-state index >= 15 is 0 Å². The molecule has 3 aromatic rings. The smallest absolute Gasteiger partial charge is 0.358 e. The van der Waals surface area contributed by atoms with E-state index in [0.717, 1.165) is 12.1 Å². The molecule has 0 saturated heterocycles. The first-order chi connectivity index (χ1) is 11.0. The average Bonchev–Trinajstić information content (AvgIpc) is 2.87. The summed E-state index contributed by atoms with van der Waals surface area (Å²) in [7, 11) is 0. The lowest BCUT2D eigenvalue weighted by molar-refractivity contribution is -0.389. The molecule has 0 aliphatic carbocycles. The molecule has 0 aliphatic heterocycles. The van der Waals surface area contributed by atoms with E-state index in [1.54, 1.807) is 25.1 Å². The molecule has 1 aromatic carbocycles. The van der Waals surface area contributed by atoms with Crippen molar-refractivity contribution in [2.75, 3.05) is 5.32 Å². The van der Waals surface area contributed by atoms with Crippen molar-refractivity contribution in [1.29, 1.82) is 0 Å². The second-order valence-corrected chi connectivity index (χ2v) is 5.01. The molecule has 8 heteroatoms. The van der Waals surface area contributed by atoms with E-state index in [4.69, 9.17) is 0 Å². The topological polar surface area (TPSA) is 72.5 Å². The molecule has 3 rings (SSSR count).